The molecule has 1 aliphatic heterocycles. The number of hydrogen-bond donors (Lipinski definition) is 1. The first-order chi connectivity index (χ1) is 19.6. The van der Waals surface area contributed by atoms with Gasteiger partial charge in [0.05, 0.1) is 17.7 Å². The summed E-state index contributed by atoms with van der Waals surface area (Å²) >= 11 is 11.7. The Morgan fingerprint density at radius 2 is 2.00 bits per heavy atom. The van der Waals surface area contributed by atoms with Crippen LogP contribution in [0.25, 0.3) is 0 Å². The van der Waals surface area contributed by atoms with Crippen LogP contribution in [0.3, 0.4) is 0 Å². The van der Waals surface area contributed by atoms with E-state index in [-0.39, 0.29) is 11.2 Å². The maximum absolute atomic E-state index is 13.7. The van der Waals surface area contributed by atoms with Gasteiger partial charge in [0.25, 0.3) is 0 Å². The zero-order chi connectivity index (χ0) is 29.3. The van der Waals surface area contributed by atoms with Gasteiger partial charge in [0.2, 0.25) is 11.1 Å². The number of Topliss-reactive ketones (excluding diaryl/α,β-unsaturated/α-hetero) is 1. The number of rotatable bonds is 10. The van der Waals surface area contributed by atoms with Crippen LogP contribution in [-0.4, -0.2) is 33.8 Å². The van der Waals surface area contributed by atoms with Gasteiger partial charge >= 0.3 is 0 Å². The lowest BCUT2D eigenvalue weighted by atomic mass is 9.73. The Morgan fingerprint density at radius 1 is 1.22 bits per heavy atom. The van der Waals surface area contributed by atoms with Crippen LogP contribution in [0.1, 0.15) is 71.0 Å². The van der Waals surface area contributed by atoms with Gasteiger partial charge in [-0.05, 0) is 76.4 Å². The quantitative estimate of drug-likeness (QED) is 0.219. The summed E-state index contributed by atoms with van der Waals surface area (Å²) in [6.07, 6.45) is 2.15. The summed E-state index contributed by atoms with van der Waals surface area (Å²) in [4.78, 5) is 18.6. The Labute approximate surface area is 259 Å². The van der Waals surface area contributed by atoms with Crippen LogP contribution in [0.2, 0.25) is 5.02 Å². The first-order valence-electron chi connectivity index (χ1n) is 14.0. The van der Waals surface area contributed by atoms with Crippen molar-refractivity contribution in [3.63, 3.8) is 0 Å². The number of thioether (sulfide) groups is 1. The molecule has 10 heteroatoms. The molecule has 1 unspecified atom stereocenters. The van der Waals surface area contributed by atoms with Gasteiger partial charge in [0, 0.05) is 28.5 Å². The molecular formula is C31H36BrClN4O3S. The van der Waals surface area contributed by atoms with Crippen LogP contribution in [0.4, 0.5) is 5.95 Å². The Morgan fingerprint density at radius 3 is 2.73 bits per heavy atom. The van der Waals surface area contributed by atoms with E-state index in [1.807, 2.05) is 48.0 Å². The third-order valence-corrected chi connectivity index (χ3v) is 9.06. The van der Waals surface area contributed by atoms with Gasteiger partial charge in [-0.25, -0.2) is 4.68 Å². The number of carbonyl (C=O) groups excluding carboxylic acids is 1. The molecule has 1 aliphatic carbocycles. The molecule has 0 amide bonds. The second-order valence-corrected chi connectivity index (χ2v) is 13.9. The van der Waals surface area contributed by atoms with Crippen LogP contribution in [-0.2, 0) is 10.5 Å². The molecule has 2 heterocycles. The monoisotopic (exact) mass is 658 g/mol. The highest BCUT2D eigenvalue weighted by Gasteiger charge is 2.42. The Bertz CT molecular complexity index is 1490. The Balaban J connectivity index is 1.55. The maximum atomic E-state index is 13.7. The lowest BCUT2D eigenvalue weighted by molar-refractivity contribution is -0.118. The molecule has 1 aromatic heterocycles. The van der Waals surface area contributed by atoms with E-state index in [1.165, 1.54) is 11.8 Å². The van der Waals surface area contributed by atoms with Gasteiger partial charge in [0.1, 0.15) is 6.04 Å². The lowest BCUT2D eigenvalue weighted by Gasteiger charge is -2.38. The van der Waals surface area contributed by atoms with E-state index in [0.717, 1.165) is 39.7 Å². The zero-order valence-electron chi connectivity index (χ0n) is 24.1. The average molecular weight is 660 g/mol. The van der Waals surface area contributed by atoms with Gasteiger partial charge in [-0.1, -0.05) is 69.3 Å². The molecule has 0 fully saturated rings. The van der Waals surface area contributed by atoms with Gasteiger partial charge in [-0.3, -0.25) is 4.79 Å². The van der Waals surface area contributed by atoms with Crippen LogP contribution in [0.5, 0.6) is 11.5 Å². The number of benzene rings is 2. The van der Waals surface area contributed by atoms with Gasteiger partial charge in [0.15, 0.2) is 17.3 Å². The fourth-order valence-electron chi connectivity index (χ4n) is 5.26. The minimum absolute atomic E-state index is 0.117. The summed E-state index contributed by atoms with van der Waals surface area (Å²) < 4.78 is 14.8. The van der Waals surface area contributed by atoms with Crippen molar-refractivity contribution in [3.8, 4) is 11.5 Å². The number of fused-ring (bicyclic) bond motifs is 1. The number of nitrogens with zero attached hydrogens (tertiary/aromatic N) is 3. The van der Waals surface area contributed by atoms with E-state index in [4.69, 9.17) is 31.2 Å². The third kappa shape index (κ3) is 6.62. The molecule has 218 valence electrons. The highest BCUT2D eigenvalue weighted by Crippen LogP contribution is 2.48. The smallest absolute Gasteiger partial charge is 0.227 e. The second kappa shape index (κ2) is 12.4. The molecular weight excluding hydrogens is 624 g/mol. The van der Waals surface area contributed by atoms with E-state index in [9.17, 15) is 4.79 Å². The molecule has 41 heavy (non-hydrogen) atoms. The number of nitrogens with one attached hydrogen (secondary N) is 1. The summed E-state index contributed by atoms with van der Waals surface area (Å²) in [5.41, 5.74) is 3.39. The van der Waals surface area contributed by atoms with Gasteiger partial charge < -0.3 is 14.8 Å². The van der Waals surface area contributed by atoms with Crippen molar-refractivity contribution in [3.05, 3.63) is 68.3 Å². The van der Waals surface area contributed by atoms with Gasteiger partial charge in [-0.15, -0.1) is 5.10 Å². The zero-order valence-corrected chi connectivity index (χ0v) is 27.3. The van der Waals surface area contributed by atoms with E-state index < -0.39 is 6.04 Å². The van der Waals surface area contributed by atoms with Crippen molar-refractivity contribution in [1.29, 1.82) is 0 Å². The van der Waals surface area contributed by atoms with E-state index in [2.05, 4.69) is 48.9 Å². The van der Waals surface area contributed by atoms with Gasteiger partial charge in [-0.2, -0.15) is 4.98 Å². The average Bonchev–Trinajstić information content (AvgIpc) is 3.30. The summed E-state index contributed by atoms with van der Waals surface area (Å²) in [6.45, 7) is 11.6. The molecule has 1 atom stereocenters. The van der Waals surface area contributed by atoms with Crippen molar-refractivity contribution in [2.75, 3.05) is 18.5 Å². The molecule has 0 bridgehead atoms. The predicted octanol–water partition coefficient (Wildman–Crippen LogP) is 8.47. The van der Waals surface area contributed by atoms with Crippen molar-refractivity contribution in [2.24, 2.45) is 11.3 Å². The molecule has 7 nitrogen and oxygen atoms in total. The molecule has 2 aromatic carbocycles. The van der Waals surface area contributed by atoms with E-state index >= 15 is 0 Å². The number of carbonyl (C=O) groups is 1. The summed E-state index contributed by atoms with van der Waals surface area (Å²) in [5.74, 6) is 3.21. The largest absolute Gasteiger partial charge is 0.490 e. The first-order valence-corrected chi connectivity index (χ1v) is 16.2. The SMILES string of the molecule is CCOc1cc(C2C3=C(CC(C)(C)CC3=O)Nc3nc(SCc4ccccc4Cl)nn32)cc(Br)c1OCCC(C)C. The van der Waals surface area contributed by atoms with Crippen LogP contribution >= 0.6 is 39.3 Å². The van der Waals surface area contributed by atoms with Crippen LogP contribution < -0.4 is 14.8 Å². The number of aromatic nitrogens is 3. The number of halogens is 2. The standard InChI is InChI=1S/C31H36BrClN4O3S/c1-6-39-25-14-20(13-21(32)28(25)40-12-11-18(2)3)27-26-23(15-31(4,5)16-24(26)38)34-29-35-30(36-37(27)29)41-17-19-9-7-8-10-22(19)33/h7-10,13-14,18,27H,6,11-12,15-17H2,1-5H3,(H,34,35,36). The van der Waals surface area contributed by atoms with E-state index in [0.29, 0.717) is 58.9 Å². The minimum atomic E-state index is -0.452. The molecule has 0 radical (unpaired) electrons. The number of allylic oxidation sites excluding steroid dienone is 2. The highest BCUT2D eigenvalue weighted by atomic mass is 79.9. The number of hydrogen-bond acceptors (Lipinski definition) is 7. The van der Waals surface area contributed by atoms with Crippen molar-refractivity contribution in [2.45, 2.75) is 70.8 Å². The Hall–Kier alpha value is -2.49. The fraction of sp³-hybridized carbons (Fsp3) is 0.452. The van der Waals surface area contributed by atoms with E-state index in [1.54, 1.807) is 0 Å². The first kappa shape index (κ1) is 30.0. The predicted molar refractivity (Wildman–Crippen MR) is 168 cm³/mol. The lowest BCUT2D eigenvalue weighted by Crippen LogP contribution is -2.36. The maximum Gasteiger partial charge on any atom is 0.227 e. The molecule has 2 aliphatic rings. The molecule has 0 saturated carbocycles. The van der Waals surface area contributed by atoms with Crippen molar-refractivity contribution >= 4 is 51.0 Å². The highest BCUT2D eigenvalue weighted by molar-refractivity contribution is 9.10. The topological polar surface area (TPSA) is 78.3 Å². The number of ether oxygens (including phenoxy) is 2. The number of ketones is 1. The number of anilines is 1. The van der Waals surface area contributed by atoms with Crippen molar-refractivity contribution < 1.29 is 14.3 Å². The van der Waals surface area contributed by atoms with Crippen LogP contribution in [0, 0.1) is 11.3 Å². The third-order valence-electron chi connectivity index (χ3n) is 7.22. The minimum Gasteiger partial charge on any atom is -0.490 e. The molecule has 1 N–H and O–H groups in total. The molecule has 3 aromatic rings. The van der Waals surface area contributed by atoms with Crippen LogP contribution in [0.15, 0.2) is 57.3 Å². The summed E-state index contributed by atoms with van der Waals surface area (Å²) in [7, 11) is 0. The molecule has 0 spiro atoms. The Kier molecular flexibility index (Phi) is 9.07. The second-order valence-electron chi connectivity index (χ2n) is 11.7. The normalized spacial score (nSPS) is 17.8. The summed E-state index contributed by atoms with van der Waals surface area (Å²) in [6, 6.07) is 11.3. The molecule has 5 rings (SSSR count). The molecule has 0 saturated heterocycles. The van der Waals surface area contributed by atoms with Crippen molar-refractivity contribution in [1.82, 2.24) is 14.8 Å². The summed E-state index contributed by atoms with van der Waals surface area (Å²) in [5, 5.41) is 9.69. The fourth-order valence-corrected chi connectivity index (χ4v) is 6.95.